The molecule has 0 bridgehead atoms. The minimum absolute atomic E-state index is 0.181. The molecule has 0 fully saturated rings. The SMILES string of the molecule is CC(C)(C)NC(=O)c1ccc(NC(=O)C2Cc3ccccc3CN2C(=O)c2ccco2)cc1. The smallest absolute Gasteiger partial charge is 0.290 e. The Bertz CT molecular complexity index is 1160. The molecule has 1 aromatic heterocycles. The van der Waals surface area contributed by atoms with E-state index >= 15 is 0 Å². The number of anilines is 1. The van der Waals surface area contributed by atoms with Crippen LogP contribution in [0.1, 0.15) is 52.8 Å². The number of carbonyl (C=O) groups is 3. The van der Waals surface area contributed by atoms with Crippen molar-refractivity contribution in [3.05, 3.63) is 89.4 Å². The first-order chi connectivity index (χ1) is 15.7. The average molecular weight is 446 g/mol. The Morgan fingerprint density at radius 3 is 2.27 bits per heavy atom. The third kappa shape index (κ3) is 5.14. The highest BCUT2D eigenvalue weighted by Gasteiger charge is 2.36. The summed E-state index contributed by atoms with van der Waals surface area (Å²) in [7, 11) is 0. The maximum absolute atomic E-state index is 13.3. The molecular weight excluding hydrogens is 418 g/mol. The first kappa shape index (κ1) is 22.3. The third-order valence-electron chi connectivity index (χ3n) is 5.45. The number of amides is 3. The van der Waals surface area contributed by atoms with Crippen LogP contribution in [0.5, 0.6) is 0 Å². The molecule has 0 spiro atoms. The molecule has 0 aliphatic carbocycles. The second kappa shape index (κ2) is 8.94. The number of furan rings is 1. The Balaban J connectivity index is 1.53. The monoisotopic (exact) mass is 445 g/mol. The maximum atomic E-state index is 13.3. The molecular formula is C26H27N3O4. The fourth-order valence-electron chi connectivity index (χ4n) is 3.86. The van der Waals surface area contributed by atoms with Crippen molar-refractivity contribution in [1.82, 2.24) is 10.2 Å². The summed E-state index contributed by atoms with van der Waals surface area (Å²) in [5, 5.41) is 5.80. The highest BCUT2D eigenvalue weighted by atomic mass is 16.3. The number of rotatable bonds is 4. The highest BCUT2D eigenvalue weighted by molar-refractivity contribution is 6.01. The van der Waals surface area contributed by atoms with Gasteiger partial charge in [-0.15, -0.1) is 0 Å². The summed E-state index contributed by atoms with van der Waals surface area (Å²) < 4.78 is 5.29. The van der Waals surface area contributed by atoms with Crippen LogP contribution in [0.25, 0.3) is 0 Å². The third-order valence-corrected chi connectivity index (χ3v) is 5.45. The van der Waals surface area contributed by atoms with Crippen LogP contribution in [0.2, 0.25) is 0 Å². The lowest BCUT2D eigenvalue weighted by atomic mass is 9.93. The van der Waals surface area contributed by atoms with Gasteiger partial charge in [0.05, 0.1) is 6.26 Å². The van der Waals surface area contributed by atoms with E-state index in [1.54, 1.807) is 41.3 Å². The first-order valence-electron chi connectivity index (χ1n) is 10.9. The van der Waals surface area contributed by atoms with E-state index in [0.717, 1.165) is 11.1 Å². The van der Waals surface area contributed by atoms with Crippen LogP contribution in [-0.4, -0.2) is 34.2 Å². The predicted octanol–water partition coefficient (Wildman–Crippen LogP) is 4.01. The molecule has 33 heavy (non-hydrogen) atoms. The highest BCUT2D eigenvalue weighted by Crippen LogP contribution is 2.26. The van der Waals surface area contributed by atoms with Gasteiger partial charge in [-0.1, -0.05) is 24.3 Å². The molecule has 7 heteroatoms. The van der Waals surface area contributed by atoms with Gasteiger partial charge in [-0.05, 0) is 68.3 Å². The van der Waals surface area contributed by atoms with Crippen molar-refractivity contribution in [1.29, 1.82) is 0 Å². The summed E-state index contributed by atoms with van der Waals surface area (Å²) in [6.45, 7) is 6.06. The Labute approximate surface area is 192 Å². The van der Waals surface area contributed by atoms with E-state index in [2.05, 4.69) is 10.6 Å². The molecule has 0 saturated carbocycles. The Morgan fingerprint density at radius 2 is 1.64 bits per heavy atom. The average Bonchev–Trinajstić information content (AvgIpc) is 3.32. The van der Waals surface area contributed by atoms with Crippen molar-refractivity contribution in [3.63, 3.8) is 0 Å². The molecule has 1 aliphatic heterocycles. The Hall–Kier alpha value is -3.87. The number of nitrogens with zero attached hydrogens (tertiary/aromatic N) is 1. The first-order valence-corrected chi connectivity index (χ1v) is 10.9. The molecule has 3 amide bonds. The van der Waals surface area contributed by atoms with Gasteiger partial charge in [0.1, 0.15) is 6.04 Å². The van der Waals surface area contributed by atoms with Gasteiger partial charge in [0.25, 0.3) is 11.8 Å². The lowest BCUT2D eigenvalue weighted by Gasteiger charge is -2.35. The van der Waals surface area contributed by atoms with Crippen LogP contribution in [-0.2, 0) is 17.8 Å². The normalized spacial score (nSPS) is 15.5. The van der Waals surface area contributed by atoms with Gasteiger partial charge in [0.2, 0.25) is 5.91 Å². The van der Waals surface area contributed by atoms with Crippen molar-refractivity contribution >= 4 is 23.4 Å². The Kier molecular flexibility index (Phi) is 6.05. The summed E-state index contributed by atoms with van der Waals surface area (Å²) in [6, 6.07) is 17.1. The predicted molar refractivity (Wildman–Crippen MR) is 125 cm³/mol. The lowest BCUT2D eigenvalue weighted by molar-refractivity contribution is -0.121. The van der Waals surface area contributed by atoms with Crippen LogP contribution >= 0.6 is 0 Å². The minimum atomic E-state index is -0.693. The second-order valence-electron chi connectivity index (χ2n) is 9.17. The molecule has 170 valence electrons. The van der Waals surface area contributed by atoms with Crippen molar-refractivity contribution in [2.24, 2.45) is 0 Å². The van der Waals surface area contributed by atoms with E-state index in [-0.39, 0.29) is 29.0 Å². The van der Waals surface area contributed by atoms with Gasteiger partial charge < -0.3 is 20.0 Å². The molecule has 7 nitrogen and oxygen atoms in total. The van der Waals surface area contributed by atoms with Gasteiger partial charge in [0, 0.05) is 29.8 Å². The van der Waals surface area contributed by atoms with Crippen molar-refractivity contribution in [2.75, 3.05) is 5.32 Å². The van der Waals surface area contributed by atoms with Crippen LogP contribution in [0.15, 0.2) is 71.3 Å². The van der Waals surface area contributed by atoms with Gasteiger partial charge in [-0.25, -0.2) is 0 Å². The maximum Gasteiger partial charge on any atom is 0.290 e. The zero-order valence-electron chi connectivity index (χ0n) is 18.9. The van der Waals surface area contributed by atoms with Gasteiger partial charge in [-0.3, -0.25) is 14.4 Å². The molecule has 2 heterocycles. The van der Waals surface area contributed by atoms with Crippen molar-refractivity contribution in [3.8, 4) is 0 Å². The van der Waals surface area contributed by atoms with Crippen molar-refractivity contribution < 1.29 is 18.8 Å². The van der Waals surface area contributed by atoms with E-state index in [9.17, 15) is 14.4 Å². The quantitative estimate of drug-likeness (QED) is 0.635. The summed E-state index contributed by atoms with van der Waals surface area (Å²) in [5.74, 6) is -0.610. The number of hydrogen-bond donors (Lipinski definition) is 2. The summed E-state index contributed by atoms with van der Waals surface area (Å²) >= 11 is 0. The summed E-state index contributed by atoms with van der Waals surface area (Å²) in [6.07, 6.45) is 1.85. The molecule has 0 radical (unpaired) electrons. The van der Waals surface area contributed by atoms with Crippen LogP contribution in [0.3, 0.4) is 0 Å². The van der Waals surface area contributed by atoms with E-state index in [4.69, 9.17) is 4.42 Å². The Morgan fingerprint density at radius 1 is 0.939 bits per heavy atom. The topological polar surface area (TPSA) is 91.7 Å². The second-order valence-corrected chi connectivity index (χ2v) is 9.17. The molecule has 1 aliphatic rings. The number of fused-ring (bicyclic) bond motifs is 1. The van der Waals surface area contributed by atoms with Crippen LogP contribution in [0.4, 0.5) is 5.69 Å². The standard InChI is InChI=1S/C26H27N3O4/c1-26(2,3)28-23(30)17-10-12-20(13-11-17)27-24(31)21-15-18-7-4-5-8-19(18)16-29(21)25(32)22-9-6-14-33-22/h4-14,21H,15-16H2,1-3H3,(H,27,31)(H,28,30). The molecule has 4 rings (SSSR count). The minimum Gasteiger partial charge on any atom is -0.459 e. The fourth-order valence-corrected chi connectivity index (χ4v) is 3.86. The zero-order valence-corrected chi connectivity index (χ0v) is 18.9. The number of benzene rings is 2. The molecule has 1 unspecified atom stereocenters. The fraction of sp³-hybridized carbons (Fsp3) is 0.269. The van der Waals surface area contributed by atoms with Crippen molar-refractivity contribution in [2.45, 2.75) is 45.3 Å². The number of carbonyl (C=O) groups excluding carboxylic acids is 3. The number of nitrogens with one attached hydrogen (secondary N) is 2. The summed E-state index contributed by atoms with van der Waals surface area (Å²) in [5.41, 5.74) is 2.76. The molecule has 1 atom stereocenters. The zero-order chi connectivity index (χ0) is 23.6. The summed E-state index contributed by atoms with van der Waals surface area (Å²) in [4.78, 5) is 40.2. The van der Waals surface area contributed by atoms with E-state index in [0.29, 0.717) is 24.2 Å². The van der Waals surface area contributed by atoms with Gasteiger partial charge >= 0.3 is 0 Å². The number of hydrogen-bond acceptors (Lipinski definition) is 4. The van der Waals surface area contributed by atoms with Gasteiger partial charge in [-0.2, -0.15) is 0 Å². The van der Waals surface area contributed by atoms with Crippen LogP contribution < -0.4 is 10.6 Å². The van der Waals surface area contributed by atoms with E-state index < -0.39 is 6.04 Å². The molecule has 3 aromatic rings. The van der Waals surface area contributed by atoms with Gasteiger partial charge in [0.15, 0.2) is 5.76 Å². The molecule has 2 N–H and O–H groups in total. The lowest BCUT2D eigenvalue weighted by Crippen LogP contribution is -2.50. The molecule has 2 aromatic carbocycles. The van der Waals surface area contributed by atoms with E-state index in [1.165, 1.54) is 6.26 Å². The van der Waals surface area contributed by atoms with Crippen LogP contribution in [0, 0.1) is 0 Å². The molecule has 0 saturated heterocycles. The largest absolute Gasteiger partial charge is 0.459 e. The van der Waals surface area contributed by atoms with E-state index in [1.807, 2.05) is 45.0 Å².